The average Bonchev–Trinajstić information content (AvgIpc) is 2.72. The minimum atomic E-state index is -0.735. The Kier molecular flexibility index (Phi) is 5.88. The highest BCUT2D eigenvalue weighted by Gasteiger charge is 2.39. The normalized spacial score (nSPS) is 21.2. The maximum atomic E-state index is 13.3. The lowest BCUT2D eigenvalue weighted by atomic mass is 9.78. The Balaban J connectivity index is 1.78. The second-order valence-corrected chi connectivity index (χ2v) is 10.4. The molecule has 4 rings (SSSR count). The summed E-state index contributed by atoms with van der Waals surface area (Å²) in [6.07, 6.45) is 2.62. The van der Waals surface area contributed by atoms with Crippen molar-refractivity contribution in [3.63, 3.8) is 0 Å². The fourth-order valence-corrected chi connectivity index (χ4v) is 5.49. The fourth-order valence-electron chi connectivity index (χ4n) is 5.49. The van der Waals surface area contributed by atoms with Gasteiger partial charge < -0.3 is 4.90 Å². The van der Waals surface area contributed by atoms with Crippen LogP contribution < -0.4 is 15.1 Å². The van der Waals surface area contributed by atoms with Gasteiger partial charge in [-0.05, 0) is 101 Å². The van der Waals surface area contributed by atoms with Crippen LogP contribution in [-0.4, -0.2) is 29.4 Å². The molecule has 2 aromatic carbocycles. The van der Waals surface area contributed by atoms with Gasteiger partial charge in [0, 0.05) is 17.3 Å². The monoisotopic (exact) mass is 459 g/mol. The summed E-state index contributed by atoms with van der Waals surface area (Å²) in [7, 11) is 0. The van der Waals surface area contributed by atoms with Crippen molar-refractivity contribution in [3.8, 4) is 0 Å². The summed E-state index contributed by atoms with van der Waals surface area (Å²) in [6, 6.07) is 10.9. The molecule has 178 valence electrons. The molecule has 2 aliphatic heterocycles. The Morgan fingerprint density at radius 1 is 1.06 bits per heavy atom. The molecule has 0 radical (unpaired) electrons. The van der Waals surface area contributed by atoms with Crippen molar-refractivity contribution in [3.05, 3.63) is 64.2 Å². The number of benzene rings is 2. The third kappa shape index (κ3) is 4.02. The van der Waals surface area contributed by atoms with E-state index in [4.69, 9.17) is 0 Å². The second kappa shape index (κ2) is 8.42. The number of barbiturate groups is 1. The molecule has 2 heterocycles. The van der Waals surface area contributed by atoms with Crippen molar-refractivity contribution in [2.24, 2.45) is 0 Å². The number of imide groups is 2. The summed E-state index contributed by atoms with van der Waals surface area (Å²) >= 11 is 0. The molecule has 0 aliphatic carbocycles. The quantitative estimate of drug-likeness (QED) is 0.488. The highest BCUT2D eigenvalue weighted by Crippen LogP contribution is 2.45. The van der Waals surface area contributed by atoms with Crippen LogP contribution >= 0.6 is 0 Å². The predicted molar refractivity (Wildman–Crippen MR) is 136 cm³/mol. The predicted octanol–water partition coefficient (Wildman–Crippen LogP) is 5.47. The Labute approximate surface area is 201 Å². The van der Waals surface area contributed by atoms with Gasteiger partial charge in [0.25, 0.3) is 11.8 Å². The first-order chi connectivity index (χ1) is 15.9. The van der Waals surface area contributed by atoms with Crippen LogP contribution in [0.15, 0.2) is 42.0 Å². The van der Waals surface area contributed by atoms with Crippen LogP contribution in [0.2, 0.25) is 0 Å². The summed E-state index contributed by atoms with van der Waals surface area (Å²) in [5, 5.41) is 2.32. The maximum Gasteiger partial charge on any atom is 0.335 e. The van der Waals surface area contributed by atoms with Gasteiger partial charge in [-0.1, -0.05) is 24.6 Å². The first-order valence-corrected chi connectivity index (χ1v) is 11.8. The van der Waals surface area contributed by atoms with Crippen LogP contribution in [0.4, 0.5) is 16.2 Å². The van der Waals surface area contributed by atoms with E-state index in [-0.39, 0.29) is 11.1 Å². The van der Waals surface area contributed by atoms with Crippen LogP contribution in [0.1, 0.15) is 69.2 Å². The Morgan fingerprint density at radius 3 is 2.32 bits per heavy atom. The van der Waals surface area contributed by atoms with Crippen molar-refractivity contribution in [1.82, 2.24) is 5.32 Å². The number of amides is 4. The first-order valence-electron chi connectivity index (χ1n) is 11.8. The number of aryl methyl sites for hydroxylation is 2. The fraction of sp³-hybridized carbons (Fsp3) is 0.393. The van der Waals surface area contributed by atoms with E-state index < -0.39 is 17.8 Å². The number of nitrogens with zero attached hydrogens (tertiary/aromatic N) is 2. The van der Waals surface area contributed by atoms with Crippen LogP contribution in [0.5, 0.6) is 0 Å². The molecule has 34 heavy (non-hydrogen) atoms. The Bertz CT molecular complexity index is 1210. The summed E-state index contributed by atoms with van der Waals surface area (Å²) in [5.74, 6) is -0.958. The molecule has 0 spiro atoms. The van der Waals surface area contributed by atoms with Crippen molar-refractivity contribution in [1.29, 1.82) is 0 Å². The number of anilines is 2. The highest BCUT2D eigenvalue weighted by molar-refractivity contribution is 6.39. The highest BCUT2D eigenvalue weighted by atomic mass is 16.2. The van der Waals surface area contributed by atoms with Crippen molar-refractivity contribution in [2.75, 3.05) is 9.80 Å². The molecule has 1 N–H and O–H groups in total. The average molecular weight is 460 g/mol. The van der Waals surface area contributed by atoms with Gasteiger partial charge in [0.05, 0.1) is 5.69 Å². The van der Waals surface area contributed by atoms with Gasteiger partial charge in [-0.2, -0.15) is 0 Å². The Morgan fingerprint density at radius 2 is 1.71 bits per heavy atom. The lowest BCUT2D eigenvalue weighted by Crippen LogP contribution is -2.54. The third-order valence-corrected chi connectivity index (χ3v) is 6.87. The zero-order chi connectivity index (χ0) is 24.9. The number of hydrogen-bond acceptors (Lipinski definition) is 4. The standard InChI is InChI=1S/C28H33N3O3/c1-16(2)31-24-12-18(4)20(13-22(24)19(5)15-28(31,6)7)14-23-25(32)29-27(34)30(26(23)33)21-10-8-17(3)9-11-21/h8-14,16,19H,15H2,1-7H3,(H,29,32,34)/b23-14+/t19-/m1/s1. The molecule has 0 bridgehead atoms. The van der Waals surface area contributed by atoms with Crippen molar-refractivity contribution >= 4 is 35.3 Å². The largest absolute Gasteiger partial charge is 0.364 e. The Hall–Kier alpha value is -3.41. The number of urea groups is 1. The smallest absolute Gasteiger partial charge is 0.335 e. The molecule has 2 aliphatic rings. The zero-order valence-electron chi connectivity index (χ0n) is 21.0. The summed E-state index contributed by atoms with van der Waals surface area (Å²) in [5.41, 5.74) is 5.62. The van der Waals surface area contributed by atoms with E-state index in [1.165, 1.54) is 11.3 Å². The van der Waals surface area contributed by atoms with E-state index in [0.717, 1.165) is 28.0 Å². The number of hydrogen-bond donors (Lipinski definition) is 1. The van der Waals surface area contributed by atoms with Crippen LogP contribution in [0, 0.1) is 13.8 Å². The van der Waals surface area contributed by atoms with Gasteiger partial charge in [-0.15, -0.1) is 0 Å². The van der Waals surface area contributed by atoms with Crippen LogP contribution in [0.3, 0.4) is 0 Å². The summed E-state index contributed by atoms with van der Waals surface area (Å²) in [4.78, 5) is 42.0. The van der Waals surface area contributed by atoms with Gasteiger partial charge in [-0.3, -0.25) is 14.9 Å². The van der Waals surface area contributed by atoms with E-state index in [2.05, 4.69) is 57.0 Å². The number of carbonyl (C=O) groups excluding carboxylic acids is 3. The van der Waals surface area contributed by atoms with Gasteiger partial charge in [0.2, 0.25) is 0 Å². The first kappa shape index (κ1) is 23.7. The summed E-state index contributed by atoms with van der Waals surface area (Å²) in [6.45, 7) is 15.1. The molecule has 1 saturated heterocycles. The molecule has 1 fully saturated rings. The van der Waals surface area contributed by atoms with Crippen LogP contribution in [0.25, 0.3) is 6.08 Å². The van der Waals surface area contributed by atoms with Gasteiger partial charge in [0.15, 0.2) is 0 Å². The molecule has 1 atom stereocenters. The van der Waals surface area contributed by atoms with E-state index in [1.54, 1.807) is 18.2 Å². The molecular weight excluding hydrogens is 426 g/mol. The van der Waals surface area contributed by atoms with E-state index in [0.29, 0.717) is 17.6 Å². The SMILES string of the molecule is Cc1ccc(N2C(=O)NC(=O)/C(=C\c3cc4c(cc3C)N(C(C)C)C(C)(C)C[C@H]4C)C2=O)cc1. The molecular formula is C28H33N3O3. The molecule has 0 unspecified atom stereocenters. The number of fused-ring (bicyclic) bond motifs is 1. The molecule has 0 aromatic heterocycles. The second-order valence-electron chi connectivity index (χ2n) is 10.4. The third-order valence-electron chi connectivity index (χ3n) is 6.87. The molecule has 2 aromatic rings. The maximum absolute atomic E-state index is 13.3. The van der Waals surface area contributed by atoms with Crippen LogP contribution in [-0.2, 0) is 9.59 Å². The van der Waals surface area contributed by atoms with E-state index >= 15 is 0 Å². The van der Waals surface area contributed by atoms with Gasteiger partial charge in [-0.25, -0.2) is 9.69 Å². The molecule has 6 nitrogen and oxygen atoms in total. The number of nitrogens with one attached hydrogen (secondary N) is 1. The lowest BCUT2D eigenvalue weighted by Gasteiger charge is -2.50. The minimum Gasteiger partial charge on any atom is -0.364 e. The zero-order valence-corrected chi connectivity index (χ0v) is 21.0. The number of carbonyl (C=O) groups is 3. The van der Waals surface area contributed by atoms with Crippen molar-refractivity contribution in [2.45, 2.75) is 72.4 Å². The van der Waals surface area contributed by atoms with Gasteiger partial charge in [0.1, 0.15) is 5.57 Å². The van der Waals surface area contributed by atoms with E-state index in [9.17, 15) is 14.4 Å². The molecule has 4 amide bonds. The van der Waals surface area contributed by atoms with E-state index in [1.807, 2.05) is 26.0 Å². The van der Waals surface area contributed by atoms with Crippen molar-refractivity contribution < 1.29 is 14.4 Å². The topological polar surface area (TPSA) is 69.7 Å². The lowest BCUT2D eigenvalue weighted by molar-refractivity contribution is -0.122. The van der Waals surface area contributed by atoms with Gasteiger partial charge >= 0.3 is 6.03 Å². The molecule has 0 saturated carbocycles. The summed E-state index contributed by atoms with van der Waals surface area (Å²) < 4.78 is 0. The number of rotatable bonds is 3. The molecule has 6 heteroatoms. The minimum absolute atomic E-state index is 0.0289.